The van der Waals surface area contributed by atoms with Gasteiger partial charge in [0.25, 0.3) is 0 Å². The van der Waals surface area contributed by atoms with E-state index in [2.05, 4.69) is 15.5 Å². The van der Waals surface area contributed by atoms with Crippen LogP contribution in [0.2, 0.25) is 0 Å². The molecule has 2 N–H and O–H groups in total. The van der Waals surface area contributed by atoms with Crippen LogP contribution in [0.5, 0.6) is 0 Å². The zero-order valence-electron chi connectivity index (χ0n) is 10.4. The maximum absolute atomic E-state index is 5.76. The van der Waals surface area contributed by atoms with E-state index in [1.54, 1.807) is 11.8 Å². The highest BCUT2D eigenvalue weighted by Crippen LogP contribution is 2.18. The molecule has 1 aromatic heterocycles. The molecule has 0 fully saturated rings. The molecule has 0 spiro atoms. The normalized spacial score (nSPS) is 10.7. The lowest BCUT2D eigenvalue weighted by atomic mass is 10.2. The number of methoxy groups -OCH3 is 1. The molecule has 18 heavy (non-hydrogen) atoms. The van der Waals surface area contributed by atoms with Crippen LogP contribution in [0.4, 0.5) is 5.69 Å². The minimum absolute atomic E-state index is 0.710. The summed E-state index contributed by atoms with van der Waals surface area (Å²) in [5.41, 5.74) is 7.41. The van der Waals surface area contributed by atoms with Crippen LogP contribution in [0.25, 0.3) is 11.4 Å². The van der Waals surface area contributed by atoms with Crippen LogP contribution in [0.3, 0.4) is 0 Å². The molecule has 0 bridgehead atoms. The van der Waals surface area contributed by atoms with Crippen molar-refractivity contribution in [3.05, 3.63) is 24.3 Å². The van der Waals surface area contributed by atoms with Crippen LogP contribution in [-0.4, -0.2) is 33.9 Å². The number of rotatable bonds is 6. The van der Waals surface area contributed by atoms with E-state index in [1.807, 2.05) is 24.3 Å². The van der Waals surface area contributed by atoms with E-state index < -0.39 is 0 Å². The number of hydrogen-bond acceptors (Lipinski definition) is 5. The third-order valence-corrected chi connectivity index (χ3v) is 2.65. The lowest BCUT2D eigenvalue weighted by Gasteiger charge is -2.05. The van der Waals surface area contributed by atoms with E-state index in [-0.39, 0.29) is 0 Å². The van der Waals surface area contributed by atoms with Crippen molar-refractivity contribution in [2.45, 2.75) is 19.4 Å². The summed E-state index contributed by atoms with van der Waals surface area (Å²) >= 11 is 0. The highest BCUT2D eigenvalue weighted by Gasteiger charge is 2.08. The lowest BCUT2D eigenvalue weighted by Crippen LogP contribution is -2.04. The molecule has 0 radical (unpaired) electrons. The summed E-state index contributed by atoms with van der Waals surface area (Å²) in [4.78, 5) is 0. The zero-order chi connectivity index (χ0) is 12.8. The third kappa shape index (κ3) is 3.04. The molecule has 6 nitrogen and oxygen atoms in total. The number of aryl methyl sites for hydroxylation is 1. The first-order valence-electron chi connectivity index (χ1n) is 5.92. The van der Waals surface area contributed by atoms with Crippen LogP contribution < -0.4 is 5.73 Å². The molecule has 1 heterocycles. The molecule has 2 aromatic rings. The van der Waals surface area contributed by atoms with Gasteiger partial charge >= 0.3 is 0 Å². The van der Waals surface area contributed by atoms with E-state index in [0.717, 1.165) is 37.4 Å². The maximum atomic E-state index is 5.76. The largest absolute Gasteiger partial charge is 0.399 e. The van der Waals surface area contributed by atoms with Crippen molar-refractivity contribution < 1.29 is 4.74 Å². The maximum Gasteiger partial charge on any atom is 0.182 e. The van der Waals surface area contributed by atoms with Gasteiger partial charge in [0.2, 0.25) is 0 Å². The Morgan fingerprint density at radius 1 is 1.33 bits per heavy atom. The monoisotopic (exact) mass is 247 g/mol. The van der Waals surface area contributed by atoms with E-state index >= 15 is 0 Å². The number of hydrogen-bond donors (Lipinski definition) is 1. The number of aromatic nitrogens is 4. The van der Waals surface area contributed by atoms with Crippen LogP contribution >= 0.6 is 0 Å². The molecule has 0 aliphatic heterocycles. The number of anilines is 1. The van der Waals surface area contributed by atoms with E-state index in [4.69, 9.17) is 10.5 Å². The van der Waals surface area contributed by atoms with Gasteiger partial charge < -0.3 is 10.5 Å². The van der Waals surface area contributed by atoms with Crippen molar-refractivity contribution in [3.63, 3.8) is 0 Å². The Kier molecular flexibility index (Phi) is 4.25. The van der Waals surface area contributed by atoms with Gasteiger partial charge in [0.15, 0.2) is 5.82 Å². The molecule has 0 saturated heterocycles. The van der Waals surface area contributed by atoms with Crippen LogP contribution in [0, 0.1) is 0 Å². The van der Waals surface area contributed by atoms with Gasteiger partial charge in [-0.3, -0.25) is 0 Å². The summed E-state index contributed by atoms with van der Waals surface area (Å²) in [6, 6.07) is 7.57. The van der Waals surface area contributed by atoms with Crippen molar-refractivity contribution in [1.29, 1.82) is 0 Å². The number of benzene rings is 1. The number of unbranched alkanes of at least 4 members (excludes halogenated alkanes) is 1. The van der Waals surface area contributed by atoms with Gasteiger partial charge in [0, 0.05) is 31.5 Å². The highest BCUT2D eigenvalue weighted by atomic mass is 16.5. The fourth-order valence-corrected chi connectivity index (χ4v) is 1.75. The Hall–Kier alpha value is -1.95. The van der Waals surface area contributed by atoms with E-state index in [9.17, 15) is 0 Å². The Bertz CT molecular complexity index is 497. The number of nitrogen functional groups attached to an aromatic ring is 1. The van der Waals surface area contributed by atoms with Crippen LogP contribution in [0.1, 0.15) is 12.8 Å². The summed E-state index contributed by atoms with van der Waals surface area (Å²) in [7, 11) is 1.70. The van der Waals surface area contributed by atoms with Crippen molar-refractivity contribution in [2.75, 3.05) is 19.5 Å². The first-order chi connectivity index (χ1) is 8.81. The Morgan fingerprint density at radius 2 is 2.22 bits per heavy atom. The second-order valence-electron chi connectivity index (χ2n) is 4.05. The molecule has 0 atom stereocenters. The average molecular weight is 247 g/mol. The van der Waals surface area contributed by atoms with Gasteiger partial charge in [-0.05, 0) is 35.4 Å². The van der Waals surface area contributed by atoms with Gasteiger partial charge in [0.1, 0.15) is 0 Å². The second-order valence-corrected chi connectivity index (χ2v) is 4.05. The smallest absolute Gasteiger partial charge is 0.182 e. The van der Waals surface area contributed by atoms with Crippen molar-refractivity contribution in [3.8, 4) is 11.4 Å². The molecule has 2 rings (SSSR count). The number of nitrogens with two attached hydrogens (primary N) is 1. The minimum Gasteiger partial charge on any atom is -0.399 e. The molecule has 96 valence electrons. The predicted octanol–water partition coefficient (Wildman–Crippen LogP) is 1.35. The topological polar surface area (TPSA) is 78.8 Å². The van der Waals surface area contributed by atoms with Crippen molar-refractivity contribution >= 4 is 5.69 Å². The van der Waals surface area contributed by atoms with Crippen molar-refractivity contribution in [2.24, 2.45) is 0 Å². The fraction of sp³-hybridized carbons (Fsp3) is 0.417. The number of tetrazole rings is 1. The fourth-order valence-electron chi connectivity index (χ4n) is 1.75. The van der Waals surface area contributed by atoms with E-state index in [0.29, 0.717) is 5.69 Å². The average Bonchev–Trinajstić information content (AvgIpc) is 2.83. The van der Waals surface area contributed by atoms with Gasteiger partial charge in [-0.25, -0.2) is 4.68 Å². The molecule has 0 unspecified atom stereocenters. The molecule has 0 aliphatic carbocycles. The second kappa shape index (κ2) is 6.11. The zero-order valence-corrected chi connectivity index (χ0v) is 10.4. The molecular weight excluding hydrogens is 230 g/mol. The summed E-state index contributed by atoms with van der Waals surface area (Å²) < 4.78 is 6.81. The van der Waals surface area contributed by atoms with Gasteiger partial charge in [-0.1, -0.05) is 12.1 Å². The van der Waals surface area contributed by atoms with Gasteiger partial charge in [-0.15, -0.1) is 5.10 Å². The third-order valence-electron chi connectivity index (χ3n) is 2.65. The summed E-state index contributed by atoms with van der Waals surface area (Å²) in [6.45, 7) is 1.54. The standard InChI is InChI=1S/C12H17N5O/c1-18-8-3-2-7-17-12(14-15-16-17)10-5-4-6-11(13)9-10/h4-6,9H,2-3,7-8,13H2,1H3. The quantitative estimate of drug-likeness (QED) is 0.615. The Balaban J connectivity index is 2.08. The summed E-state index contributed by atoms with van der Waals surface area (Å²) in [5, 5.41) is 11.8. The molecule has 0 aliphatic rings. The molecular formula is C12H17N5O. The first kappa shape index (κ1) is 12.5. The number of nitrogens with zero attached hydrogens (tertiary/aromatic N) is 4. The predicted molar refractivity (Wildman–Crippen MR) is 68.8 cm³/mol. The molecule has 0 saturated carbocycles. The Labute approximate surface area is 106 Å². The van der Waals surface area contributed by atoms with Gasteiger partial charge in [-0.2, -0.15) is 0 Å². The number of ether oxygens (including phenoxy) is 1. The van der Waals surface area contributed by atoms with E-state index in [1.165, 1.54) is 0 Å². The summed E-state index contributed by atoms with van der Waals surface area (Å²) in [5.74, 6) is 0.750. The SMILES string of the molecule is COCCCCn1nnnc1-c1cccc(N)c1. The molecule has 0 amide bonds. The van der Waals surface area contributed by atoms with Crippen molar-refractivity contribution in [1.82, 2.24) is 20.2 Å². The molecule has 1 aromatic carbocycles. The molecule has 6 heteroatoms. The van der Waals surface area contributed by atoms with Crippen LogP contribution in [0.15, 0.2) is 24.3 Å². The highest BCUT2D eigenvalue weighted by molar-refractivity contribution is 5.60. The lowest BCUT2D eigenvalue weighted by molar-refractivity contribution is 0.191. The minimum atomic E-state index is 0.710. The van der Waals surface area contributed by atoms with Crippen LogP contribution in [-0.2, 0) is 11.3 Å². The summed E-state index contributed by atoms with van der Waals surface area (Å²) in [6.07, 6.45) is 1.97. The first-order valence-corrected chi connectivity index (χ1v) is 5.92. The Morgan fingerprint density at radius 3 is 3.00 bits per heavy atom. The van der Waals surface area contributed by atoms with Gasteiger partial charge in [0.05, 0.1) is 0 Å².